The normalized spacial score (nSPS) is 20.5. The Balaban J connectivity index is 1.41. The first-order valence-electron chi connectivity index (χ1n) is 9.51. The van der Waals surface area contributed by atoms with E-state index in [0.717, 1.165) is 19.3 Å². The maximum atomic E-state index is 12.6. The maximum Gasteiger partial charge on any atom is 0.262 e. The zero-order valence-corrected chi connectivity index (χ0v) is 16.4. The molecule has 8 nitrogen and oxygen atoms in total. The van der Waals surface area contributed by atoms with Crippen LogP contribution in [0.5, 0.6) is 0 Å². The number of sulfonamides is 1. The smallest absolute Gasteiger partial charge is 0.262 e. The van der Waals surface area contributed by atoms with Gasteiger partial charge in [-0.15, -0.1) is 0 Å². The molecule has 2 aromatic rings. The number of rotatable bonds is 5. The van der Waals surface area contributed by atoms with Crippen LogP contribution in [0.2, 0.25) is 0 Å². The van der Waals surface area contributed by atoms with Crippen LogP contribution >= 0.6 is 0 Å². The van der Waals surface area contributed by atoms with Crippen LogP contribution in [0.15, 0.2) is 41.8 Å². The Morgan fingerprint density at radius 3 is 2.86 bits per heavy atom. The van der Waals surface area contributed by atoms with E-state index in [9.17, 15) is 13.2 Å². The highest BCUT2D eigenvalue weighted by molar-refractivity contribution is 7.89. The topological polar surface area (TPSA) is 93.5 Å². The van der Waals surface area contributed by atoms with Gasteiger partial charge in [-0.1, -0.05) is 24.3 Å². The van der Waals surface area contributed by atoms with Gasteiger partial charge in [0.1, 0.15) is 6.54 Å². The number of aromatic nitrogens is 2. The molecule has 1 unspecified atom stereocenters. The predicted octanol–water partition coefficient (Wildman–Crippen LogP) is 1.10. The molecular weight excluding hydrogens is 380 g/mol. The Morgan fingerprint density at radius 2 is 2.04 bits per heavy atom. The highest BCUT2D eigenvalue weighted by Gasteiger charge is 2.28. The molecule has 1 aliphatic heterocycles. The molecule has 1 fully saturated rings. The van der Waals surface area contributed by atoms with Crippen molar-refractivity contribution < 1.29 is 17.9 Å². The summed E-state index contributed by atoms with van der Waals surface area (Å²) in [7, 11) is -3.65. The SMILES string of the molecule is O=C(Cn1cnc(S(=O)(=O)N2CCOCC2)c1)NC1CCCc2ccccc21. The summed E-state index contributed by atoms with van der Waals surface area (Å²) < 4.78 is 33.3. The summed E-state index contributed by atoms with van der Waals surface area (Å²) in [6.45, 7) is 1.42. The molecule has 1 atom stereocenters. The van der Waals surface area contributed by atoms with Crippen molar-refractivity contribution in [2.75, 3.05) is 26.3 Å². The largest absolute Gasteiger partial charge is 0.379 e. The minimum atomic E-state index is -3.65. The number of carbonyl (C=O) groups is 1. The van der Waals surface area contributed by atoms with Crippen molar-refractivity contribution >= 4 is 15.9 Å². The molecule has 0 bridgehead atoms. The van der Waals surface area contributed by atoms with Crippen molar-refractivity contribution in [1.29, 1.82) is 0 Å². The predicted molar refractivity (Wildman–Crippen MR) is 102 cm³/mol. The van der Waals surface area contributed by atoms with Crippen molar-refractivity contribution in [3.8, 4) is 0 Å². The second kappa shape index (κ2) is 8.02. The van der Waals surface area contributed by atoms with E-state index in [0.29, 0.717) is 26.3 Å². The van der Waals surface area contributed by atoms with Crippen LogP contribution in [0.3, 0.4) is 0 Å². The van der Waals surface area contributed by atoms with Gasteiger partial charge in [0.2, 0.25) is 5.91 Å². The fourth-order valence-corrected chi connectivity index (χ4v) is 5.13. The minimum Gasteiger partial charge on any atom is -0.379 e. The Bertz CT molecular complexity index is 950. The standard InChI is InChI=1S/C19H24N4O4S/c24-18(21-17-7-3-5-15-4-1-2-6-16(15)17)12-22-13-19(20-14-22)28(25,26)23-8-10-27-11-9-23/h1-2,4,6,13-14,17H,3,5,7-12H2,(H,21,24). The van der Waals surface area contributed by atoms with E-state index in [1.54, 1.807) is 0 Å². The van der Waals surface area contributed by atoms with Gasteiger partial charge >= 0.3 is 0 Å². The number of morpholine rings is 1. The molecule has 1 amide bonds. The number of benzene rings is 1. The number of ether oxygens (including phenoxy) is 1. The molecule has 1 saturated heterocycles. The van der Waals surface area contributed by atoms with Gasteiger partial charge in [0.25, 0.3) is 10.0 Å². The number of aryl methyl sites for hydroxylation is 1. The molecule has 2 heterocycles. The number of imidazole rings is 1. The molecule has 28 heavy (non-hydrogen) atoms. The van der Waals surface area contributed by atoms with E-state index >= 15 is 0 Å². The summed E-state index contributed by atoms with van der Waals surface area (Å²) in [4.78, 5) is 16.5. The molecule has 150 valence electrons. The first kappa shape index (κ1) is 19.1. The summed E-state index contributed by atoms with van der Waals surface area (Å²) in [6.07, 6.45) is 5.78. The fraction of sp³-hybridized carbons (Fsp3) is 0.474. The first-order valence-corrected chi connectivity index (χ1v) is 10.9. The van der Waals surface area contributed by atoms with Crippen LogP contribution in [-0.2, 0) is 32.5 Å². The third kappa shape index (κ3) is 3.96. The summed E-state index contributed by atoms with van der Waals surface area (Å²) >= 11 is 0. The molecule has 2 aliphatic rings. The van der Waals surface area contributed by atoms with E-state index in [1.807, 2.05) is 12.1 Å². The molecule has 1 aromatic carbocycles. The lowest BCUT2D eigenvalue weighted by Crippen LogP contribution is -2.40. The average molecular weight is 404 g/mol. The summed E-state index contributed by atoms with van der Waals surface area (Å²) in [6, 6.07) is 8.17. The number of fused-ring (bicyclic) bond motifs is 1. The lowest BCUT2D eigenvalue weighted by molar-refractivity contribution is -0.122. The molecule has 9 heteroatoms. The van der Waals surface area contributed by atoms with Crippen molar-refractivity contribution in [2.24, 2.45) is 0 Å². The molecule has 1 aromatic heterocycles. The van der Waals surface area contributed by atoms with Crippen LogP contribution in [0.1, 0.15) is 30.0 Å². The first-order chi connectivity index (χ1) is 13.5. The van der Waals surface area contributed by atoms with Gasteiger partial charge in [-0.25, -0.2) is 13.4 Å². The zero-order chi connectivity index (χ0) is 19.6. The second-order valence-corrected chi connectivity index (χ2v) is 9.00. The molecule has 0 radical (unpaired) electrons. The third-order valence-corrected chi connectivity index (χ3v) is 7.00. The molecule has 4 rings (SSSR count). The fourth-order valence-electron chi connectivity index (χ4n) is 3.79. The van der Waals surface area contributed by atoms with E-state index in [1.165, 1.54) is 32.5 Å². The van der Waals surface area contributed by atoms with Crippen LogP contribution in [0, 0.1) is 0 Å². The maximum absolute atomic E-state index is 12.6. The van der Waals surface area contributed by atoms with E-state index in [-0.39, 0.29) is 23.5 Å². The van der Waals surface area contributed by atoms with E-state index in [4.69, 9.17) is 4.74 Å². The van der Waals surface area contributed by atoms with Gasteiger partial charge in [-0.05, 0) is 30.4 Å². The summed E-state index contributed by atoms with van der Waals surface area (Å²) in [5.74, 6) is -0.158. The van der Waals surface area contributed by atoms with Crippen molar-refractivity contribution in [1.82, 2.24) is 19.2 Å². The Labute approximate surface area is 164 Å². The molecular formula is C19H24N4O4S. The highest BCUT2D eigenvalue weighted by atomic mass is 32.2. The molecule has 1 N–H and O–H groups in total. The lowest BCUT2D eigenvalue weighted by Gasteiger charge is -2.26. The van der Waals surface area contributed by atoms with Gasteiger partial charge in [0, 0.05) is 19.3 Å². The number of hydrogen-bond donors (Lipinski definition) is 1. The Kier molecular flexibility index (Phi) is 5.47. The van der Waals surface area contributed by atoms with Gasteiger partial charge < -0.3 is 14.6 Å². The van der Waals surface area contributed by atoms with Crippen molar-refractivity contribution in [3.63, 3.8) is 0 Å². The van der Waals surface area contributed by atoms with Crippen LogP contribution < -0.4 is 5.32 Å². The van der Waals surface area contributed by atoms with Gasteiger partial charge in [-0.3, -0.25) is 4.79 Å². The van der Waals surface area contributed by atoms with E-state index in [2.05, 4.69) is 22.4 Å². The van der Waals surface area contributed by atoms with Crippen molar-refractivity contribution in [3.05, 3.63) is 47.9 Å². The van der Waals surface area contributed by atoms with Gasteiger partial charge in [-0.2, -0.15) is 4.31 Å². The van der Waals surface area contributed by atoms with Crippen LogP contribution in [0.25, 0.3) is 0 Å². The van der Waals surface area contributed by atoms with Gasteiger partial charge in [0.15, 0.2) is 5.03 Å². The Hall–Kier alpha value is -2.23. The zero-order valence-electron chi connectivity index (χ0n) is 15.6. The third-order valence-electron chi connectivity index (χ3n) is 5.21. The quantitative estimate of drug-likeness (QED) is 0.805. The van der Waals surface area contributed by atoms with Crippen molar-refractivity contribution in [2.45, 2.75) is 36.9 Å². The van der Waals surface area contributed by atoms with Crippen LogP contribution in [-0.4, -0.2) is 54.5 Å². The van der Waals surface area contributed by atoms with Gasteiger partial charge in [0.05, 0.1) is 25.6 Å². The number of amides is 1. The number of nitrogens with one attached hydrogen (secondary N) is 1. The second-order valence-electron chi connectivity index (χ2n) is 7.11. The highest BCUT2D eigenvalue weighted by Crippen LogP contribution is 2.29. The van der Waals surface area contributed by atoms with Crippen LogP contribution in [0.4, 0.5) is 0 Å². The lowest BCUT2D eigenvalue weighted by atomic mass is 9.88. The monoisotopic (exact) mass is 404 g/mol. The molecule has 1 aliphatic carbocycles. The number of carbonyl (C=O) groups excluding carboxylic acids is 1. The summed E-state index contributed by atoms with van der Waals surface area (Å²) in [5, 5.41) is 3.03. The molecule has 0 saturated carbocycles. The van der Waals surface area contributed by atoms with E-state index < -0.39 is 10.0 Å². The molecule has 0 spiro atoms. The Morgan fingerprint density at radius 1 is 1.25 bits per heavy atom. The minimum absolute atomic E-state index is 0.00229. The summed E-state index contributed by atoms with van der Waals surface area (Å²) in [5.41, 5.74) is 2.45. The number of nitrogens with zero attached hydrogens (tertiary/aromatic N) is 3. The number of hydrogen-bond acceptors (Lipinski definition) is 5. The average Bonchev–Trinajstić information content (AvgIpc) is 3.18.